The van der Waals surface area contributed by atoms with Crippen LogP contribution in [0.15, 0.2) is 77.7 Å². The van der Waals surface area contributed by atoms with E-state index >= 15 is 0 Å². The van der Waals surface area contributed by atoms with E-state index in [1.165, 1.54) is 18.7 Å². The van der Waals surface area contributed by atoms with Gasteiger partial charge in [0.05, 0.1) is 5.25 Å². The maximum atomic E-state index is 12.8. The van der Waals surface area contributed by atoms with Crippen LogP contribution in [0.5, 0.6) is 0 Å². The molecule has 3 aromatic carbocycles. The van der Waals surface area contributed by atoms with E-state index in [-0.39, 0.29) is 23.1 Å². The molecule has 0 aromatic heterocycles. The first-order valence-corrected chi connectivity index (χ1v) is 11.3. The molecule has 0 aliphatic heterocycles. The largest absolute Gasteiger partial charge is 0.326 e. The van der Waals surface area contributed by atoms with Crippen molar-refractivity contribution in [1.82, 2.24) is 0 Å². The standard InChI is InChI=1S/C25H26N4O3S/c1-16-9-10-21(28-25(32)27-19-7-5-4-6-8-19)15-23(16)29-24(31)17(2)33-22-13-11-20(12-14-22)26-18(3)30/h4-15,17H,1-3H3,(H,26,30)(H,29,31)(H2,27,28,32). The maximum absolute atomic E-state index is 12.8. The molecule has 0 bridgehead atoms. The average Bonchev–Trinajstić information content (AvgIpc) is 2.77. The number of thioether (sulfide) groups is 1. The van der Waals surface area contributed by atoms with Crippen LogP contribution in [0.3, 0.4) is 0 Å². The van der Waals surface area contributed by atoms with E-state index in [4.69, 9.17) is 0 Å². The normalized spacial score (nSPS) is 11.2. The van der Waals surface area contributed by atoms with Crippen LogP contribution in [-0.4, -0.2) is 23.1 Å². The summed E-state index contributed by atoms with van der Waals surface area (Å²) in [5.41, 5.74) is 3.48. The molecule has 0 aliphatic rings. The van der Waals surface area contributed by atoms with Gasteiger partial charge < -0.3 is 21.3 Å². The second-order valence-corrected chi connectivity index (χ2v) is 8.84. The number of para-hydroxylation sites is 1. The molecule has 0 heterocycles. The zero-order chi connectivity index (χ0) is 23.8. The number of carbonyl (C=O) groups is 3. The maximum Gasteiger partial charge on any atom is 0.323 e. The van der Waals surface area contributed by atoms with E-state index in [9.17, 15) is 14.4 Å². The number of nitrogens with one attached hydrogen (secondary N) is 4. The molecule has 0 fully saturated rings. The lowest BCUT2D eigenvalue weighted by Gasteiger charge is -2.15. The summed E-state index contributed by atoms with van der Waals surface area (Å²) < 4.78 is 0. The SMILES string of the molecule is CC(=O)Nc1ccc(SC(C)C(=O)Nc2cc(NC(=O)Nc3ccccc3)ccc2C)cc1. The van der Waals surface area contributed by atoms with Gasteiger partial charge in [0, 0.05) is 34.6 Å². The van der Waals surface area contributed by atoms with Crippen molar-refractivity contribution in [3.05, 3.63) is 78.4 Å². The third-order valence-corrected chi connectivity index (χ3v) is 5.75. The van der Waals surface area contributed by atoms with E-state index < -0.39 is 0 Å². The van der Waals surface area contributed by atoms with Crippen molar-refractivity contribution in [3.63, 3.8) is 0 Å². The Bertz CT molecular complexity index is 1130. The van der Waals surface area contributed by atoms with Crippen molar-refractivity contribution in [2.75, 3.05) is 21.3 Å². The zero-order valence-corrected chi connectivity index (χ0v) is 19.5. The summed E-state index contributed by atoms with van der Waals surface area (Å²) in [4.78, 5) is 37.1. The van der Waals surface area contributed by atoms with Crippen molar-refractivity contribution >= 4 is 52.4 Å². The lowest BCUT2D eigenvalue weighted by atomic mass is 10.1. The third-order valence-electron chi connectivity index (χ3n) is 4.64. The van der Waals surface area contributed by atoms with Crippen LogP contribution in [0.4, 0.5) is 27.5 Å². The highest BCUT2D eigenvalue weighted by molar-refractivity contribution is 8.00. The summed E-state index contributed by atoms with van der Waals surface area (Å²) in [6.45, 7) is 5.17. The number of rotatable bonds is 7. The molecular formula is C25H26N4O3S. The Morgan fingerprint density at radius 1 is 0.758 bits per heavy atom. The van der Waals surface area contributed by atoms with Gasteiger partial charge in [0.2, 0.25) is 11.8 Å². The van der Waals surface area contributed by atoms with Gasteiger partial charge in [-0.1, -0.05) is 24.3 Å². The zero-order valence-electron chi connectivity index (χ0n) is 18.6. The molecule has 4 amide bonds. The molecule has 0 spiro atoms. The average molecular weight is 463 g/mol. The van der Waals surface area contributed by atoms with E-state index in [1.807, 2.05) is 50.2 Å². The predicted octanol–water partition coefficient (Wildman–Crippen LogP) is 5.72. The first-order chi connectivity index (χ1) is 15.8. The fourth-order valence-corrected chi connectivity index (χ4v) is 3.83. The molecule has 8 heteroatoms. The smallest absolute Gasteiger partial charge is 0.323 e. The fraction of sp³-hybridized carbons (Fsp3) is 0.160. The third kappa shape index (κ3) is 7.40. The molecule has 3 aromatic rings. The first-order valence-electron chi connectivity index (χ1n) is 10.4. The van der Waals surface area contributed by atoms with Crippen molar-refractivity contribution in [2.24, 2.45) is 0 Å². The fourth-order valence-electron chi connectivity index (χ4n) is 2.96. The van der Waals surface area contributed by atoms with Gasteiger partial charge in [-0.15, -0.1) is 11.8 Å². The Kier molecular flexibility index (Phi) is 8.10. The van der Waals surface area contributed by atoms with Gasteiger partial charge in [0.1, 0.15) is 0 Å². The Balaban J connectivity index is 1.59. The molecule has 7 nitrogen and oxygen atoms in total. The molecule has 33 heavy (non-hydrogen) atoms. The van der Waals surface area contributed by atoms with Gasteiger partial charge in [0.15, 0.2) is 0 Å². The van der Waals surface area contributed by atoms with E-state index in [2.05, 4.69) is 21.3 Å². The second-order valence-electron chi connectivity index (χ2n) is 7.43. The molecule has 170 valence electrons. The van der Waals surface area contributed by atoms with Gasteiger partial charge in [-0.05, 0) is 67.9 Å². The quantitative estimate of drug-likeness (QED) is 0.338. The first kappa shape index (κ1) is 23.9. The Labute approximate surface area is 197 Å². The van der Waals surface area contributed by atoms with Crippen molar-refractivity contribution in [1.29, 1.82) is 0 Å². The molecule has 1 unspecified atom stereocenters. The van der Waals surface area contributed by atoms with Crippen LogP contribution in [0, 0.1) is 6.92 Å². The highest BCUT2D eigenvalue weighted by atomic mass is 32.2. The highest BCUT2D eigenvalue weighted by Gasteiger charge is 2.16. The summed E-state index contributed by atoms with van der Waals surface area (Å²) in [6, 6.07) is 21.5. The minimum Gasteiger partial charge on any atom is -0.326 e. The summed E-state index contributed by atoms with van der Waals surface area (Å²) in [5, 5.41) is 10.9. The monoisotopic (exact) mass is 462 g/mol. The number of aryl methyl sites for hydroxylation is 1. The van der Waals surface area contributed by atoms with Crippen molar-refractivity contribution in [3.8, 4) is 0 Å². The number of hydrogen-bond acceptors (Lipinski definition) is 4. The van der Waals surface area contributed by atoms with E-state index in [1.54, 1.807) is 36.4 Å². The summed E-state index contributed by atoms with van der Waals surface area (Å²) in [7, 11) is 0. The summed E-state index contributed by atoms with van der Waals surface area (Å²) in [5.74, 6) is -0.285. The minimum atomic E-state index is -0.367. The summed E-state index contributed by atoms with van der Waals surface area (Å²) >= 11 is 1.42. The van der Waals surface area contributed by atoms with Crippen LogP contribution in [0.1, 0.15) is 19.4 Å². The number of benzene rings is 3. The number of anilines is 4. The van der Waals surface area contributed by atoms with E-state index in [0.717, 1.165) is 10.5 Å². The number of amides is 4. The van der Waals surface area contributed by atoms with Gasteiger partial charge in [-0.2, -0.15) is 0 Å². The van der Waals surface area contributed by atoms with Crippen LogP contribution in [-0.2, 0) is 9.59 Å². The molecule has 4 N–H and O–H groups in total. The van der Waals surface area contributed by atoms with Crippen LogP contribution in [0.2, 0.25) is 0 Å². The van der Waals surface area contributed by atoms with Gasteiger partial charge in [-0.25, -0.2) is 4.79 Å². The molecule has 0 saturated heterocycles. The van der Waals surface area contributed by atoms with Crippen molar-refractivity contribution < 1.29 is 14.4 Å². The topological polar surface area (TPSA) is 99.3 Å². The molecule has 0 aliphatic carbocycles. The van der Waals surface area contributed by atoms with Gasteiger partial charge in [-0.3, -0.25) is 9.59 Å². The summed E-state index contributed by atoms with van der Waals surface area (Å²) in [6.07, 6.45) is 0. The van der Waals surface area contributed by atoms with Gasteiger partial charge in [0.25, 0.3) is 0 Å². The van der Waals surface area contributed by atoms with E-state index in [0.29, 0.717) is 22.7 Å². The molecular weight excluding hydrogens is 436 g/mol. The lowest BCUT2D eigenvalue weighted by molar-refractivity contribution is -0.115. The molecule has 3 rings (SSSR count). The molecule has 1 atom stereocenters. The van der Waals surface area contributed by atoms with Crippen molar-refractivity contribution in [2.45, 2.75) is 30.9 Å². The second kappa shape index (κ2) is 11.2. The Morgan fingerprint density at radius 3 is 2.03 bits per heavy atom. The molecule has 0 saturated carbocycles. The van der Waals surface area contributed by atoms with Crippen LogP contribution in [0.25, 0.3) is 0 Å². The predicted molar refractivity (Wildman–Crippen MR) is 135 cm³/mol. The number of hydrogen-bond donors (Lipinski definition) is 4. The Morgan fingerprint density at radius 2 is 1.36 bits per heavy atom. The van der Waals surface area contributed by atoms with Crippen LogP contribution < -0.4 is 21.3 Å². The minimum absolute atomic E-state index is 0.132. The van der Waals surface area contributed by atoms with Crippen LogP contribution >= 0.6 is 11.8 Å². The lowest BCUT2D eigenvalue weighted by Crippen LogP contribution is -2.23. The molecule has 0 radical (unpaired) electrons. The highest BCUT2D eigenvalue weighted by Crippen LogP contribution is 2.27. The van der Waals surface area contributed by atoms with Gasteiger partial charge >= 0.3 is 6.03 Å². The Hall–Kier alpha value is -3.78. The number of urea groups is 1. The number of carbonyl (C=O) groups excluding carboxylic acids is 3.